The molecular formula is C18H22O3. The molecule has 2 rings (SSSR count). The Bertz CT molecular complexity index is 605. The Morgan fingerprint density at radius 2 is 2.05 bits per heavy atom. The Kier molecular flexibility index (Phi) is 4.84. The highest BCUT2D eigenvalue weighted by Gasteiger charge is 2.23. The van der Waals surface area contributed by atoms with Crippen molar-refractivity contribution in [3.8, 4) is 11.5 Å². The summed E-state index contributed by atoms with van der Waals surface area (Å²) >= 11 is 0. The first-order valence-corrected chi connectivity index (χ1v) is 7.30. The number of phenols is 1. The lowest BCUT2D eigenvalue weighted by Gasteiger charge is -2.07. The molecule has 0 saturated carbocycles. The van der Waals surface area contributed by atoms with Crippen molar-refractivity contribution in [2.24, 2.45) is 0 Å². The molecular weight excluding hydrogens is 264 g/mol. The van der Waals surface area contributed by atoms with Crippen LogP contribution in [0.5, 0.6) is 11.5 Å². The van der Waals surface area contributed by atoms with Crippen LogP contribution in [0.2, 0.25) is 0 Å². The third-order valence-corrected chi connectivity index (χ3v) is 3.54. The number of rotatable bonds is 5. The smallest absolute Gasteiger partial charge is 0.315 e. The predicted octanol–water partition coefficient (Wildman–Crippen LogP) is 4.09. The number of esters is 1. The van der Waals surface area contributed by atoms with Gasteiger partial charge >= 0.3 is 5.97 Å². The summed E-state index contributed by atoms with van der Waals surface area (Å²) in [5.41, 5.74) is 4.29. The van der Waals surface area contributed by atoms with Crippen LogP contribution in [0.4, 0.5) is 0 Å². The van der Waals surface area contributed by atoms with Crippen LogP contribution in [-0.2, 0) is 17.6 Å². The second-order valence-corrected chi connectivity index (χ2v) is 5.82. The zero-order valence-electron chi connectivity index (χ0n) is 12.9. The van der Waals surface area contributed by atoms with Gasteiger partial charge < -0.3 is 9.84 Å². The molecule has 1 aliphatic rings. The molecule has 0 aliphatic carbocycles. The highest BCUT2D eigenvalue weighted by molar-refractivity contribution is 5.82. The topological polar surface area (TPSA) is 46.5 Å². The molecule has 0 radical (unpaired) electrons. The number of hydrogen-bond acceptors (Lipinski definition) is 3. The van der Waals surface area contributed by atoms with Crippen LogP contribution in [0.1, 0.15) is 44.7 Å². The number of carbonyl (C=O) groups excluding carboxylic acids is 1. The van der Waals surface area contributed by atoms with Gasteiger partial charge in [-0.3, -0.25) is 4.79 Å². The SMILES string of the molecule is CC(C)=CCC/C(C)=C/Cc1cc(O)cc2c1OC(=O)C2. The minimum absolute atomic E-state index is 0.192. The van der Waals surface area contributed by atoms with Crippen molar-refractivity contribution in [1.82, 2.24) is 0 Å². The minimum atomic E-state index is -0.249. The van der Waals surface area contributed by atoms with Crippen LogP contribution in [0.15, 0.2) is 35.4 Å². The zero-order chi connectivity index (χ0) is 15.4. The van der Waals surface area contributed by atoms with E-state index in [1.54, 1.807) is 12.1 Å². The molecule has 0 bridgehead atoms. The molecule has 1 heterocycles. The van der Waals surface area contributed by atoms with E-state index in [0.29, 0.717) is 12.2 Å². The van der Waals surface area contributed by atoms with Crippen molar-refractivity contribution in [2.45, 2.75) is 46.5 Å². The summed E-state index contributed by atoms with van der Waals surface area (Å²) in [6, 6.07) is 3.28. The Labute approximate surface area is 125 Å². The molecule has 0 fully saturated rings. The monoisotopic (exact) mass is 286 g/mol. The third-order valence-electron chi connectivity index (χ3n) is 3.54. The summed E-state index contributed by atoms with van der Waals surface area (Å²) in [6.07, 6.45) is 7.35. The summed E-state index contributed by atoms with van der Waals surface area (Å²) in [7, 11) is 0. The summed E-state index contributed by atoms with van der Waals surface area (Å²) in [5.74, 6) is 0.574. The molecule has 0 unspecified atom stereocenters. The predicted molar refractivity (Wildman–Crippen MR) is 83.6 cm³/mol. The molecule has 21 heavy (non-hydrogen) atoms. The molecule has 1 aromatic carbocycles. The highest BCUT2D eigenvalue weighted by atomic mass is 16.5. The number of ether oxygens (including phenoxy) is 1. The Morgan fingerprint density at radius 1 is 1.29 bits per heavy atom. The molecule has 0 spiro atoms. The van der Waals surface area contributed by atoms with E-state index in [4.69, 9.17) is 4.74 Å². The van der Waals surface area contributed by atoms with Crippen molar-refractivity contribution in [3.05, 3.63) is 46.6 Å². The Balaban J connectivity index is 2.07. The van der Waals surface area contributed by atoms with Crippen molar-refractivity contribution in [2.75, 3.05) is 0 Å². The quantitative estimate of drug-likeness (QED) is 0.504. The molecule has 1 aliphatic heterocycles. The summed E-state index contributed by atoms with van der Waals surface area (Å²) < 4.78 is 5.25. The van der Waals surface area contributed by atoms with Gasteiger partial charge in [0.15, 0.2) is 0 Å². The average molecular weight is 286 g/mol. The van der Waals surface area contributed by atoms with Gasteiger partial charge in [-0.1, -0.05) is 23.3 Å². The molecule has 3 nitrogen and oxygen atoms in total. The first-order chi connectivity index (χ1) is 9.95. The Morgan fingerprint density at radius 3 is 2.76 bits per heavy atom. The van der Waals surface area contributed by atoms with Crippen LogP contribution >= 0.6 is 0 Å². The molecule has 0 saturated heterocycles. The number of aromatic hydroxyl groups is 1. The van der Waals surface area contributed by atoms with Gasteiger partial charge in [0.25, 0.3) is 0 Å². The standard InChI is InChI=1S/C18H22O3/c1-12(2)5-4-6-13(3)7-8-14-9-16(19)10-15-11-17(20)21-18(14)15/h5,7,9-10,19H,4,6,8,11H2,1-3H3/b13-7+. The first-order valence-electron chi connectivity index (χ1n) is 7.30. The average Bonchev–Trinajstić information content (AvgIpc) is 2.75. The van der Waals surface area contributed by atoms with Gasteiger partial charge in [0, 0.05) is 11.1 Å². The van der Waals surface area contributed by atoms with E-state index in [0.717, 1.165) is 24.0 Å². The first kappa shape index (κ1) is 15.4. The summed E-state index contributed by atoms with van der Waals surface area (Å²) in [5, 5.41) is 9.74. The van der Waals surface area contributed by atoms with Gasteiger partial charge in [-0.15, -0.1) is 0 Å². The van der Waals surface area contributed by atoms with Crippen LogP contribution in [0.3, 0.4) is 0 Å². The van der Waals surface area contributed by atoms with Gasteiger partial charge in [0.1, 0.15) is 11.5 Å². The maximum absolute atomic E-state index is 11.4. The molecule has 112 valence electrons. The molecule has 0 atom stereocenters. The van der Waals surface area contributed by atoms with Crippen LogP contribution in [-0.4, -0.2) is 11.1 Å². The second kappa shape index (κ2) is 6.61. The van der Waals surface area contributed by atoms with E-state index in [-0.39, 0.29) is 18.1 Å². The number of carbonyl (C=O) groups is 1. The number of benzene rings is 1. The number of allylic oxidation sites excluding steroid dienone is 4. The molecule has 0 amide bonds. The van der Waals surface area contributed by atoms with Gasteiger partial charge in [0.05, 0.1) is 6.42 Å². The number of phenolic OH excluding ortho intramolecular Hbond substituents is 1. The van der Waals surface area contributed by atoms with Crippen molar-refractivity contribution in [1.29, 1.82) is 0 Å². The van der Waals surface area contributed by atoms with Crippen LogP contribution < -0.4 is 4.74 Å². The maximum atomic E-state index is 11.4. The molecule has 0 aromatic heterocycles. The van der Waals surface area contributed by atoms with E-state index in [1.807, 2.05) is 0 Å². The van der Waals surface area contributed by atoms with Crippen molar-refractivity contribution >= 4 is 5.97 Å². The zero-order valence-corrected chi connectivity index (χ0v) is 12.9. The lowest BCUT2D eigenvalue weighted by Crippen LogP contribution is -2.01. The van der Waals surface area contributed by atoms with Crippen molar-refractivity contribution in [3.63, 3.8) is 0 Å². The fourth-order valence-corrected chi connectivity index (χ4v) is 2.43. The molecule has 1 N–H and O–H groups in total. The van der Waals surface area contributed by atoms with Crippen molar-refractivity contribution < 1.29 is 14.6 Å². The number of hydrogen-bond donors (Lipinski definition) is 1. The van der Waals surface area contributed by atoms with Gasteiger partial charge in [-0.05, 0) is 52.2 Å². The van der Waals surface area contributed by atoms with Gasteiger partial charge in [-0.2, -0.15) is 0 Å². The summed E-state index contributed by atoms with van der Waals surface area (Å²) in [6.45, 7) is 6.31. The number of fused-ring (bicyclic) bond motifs is 1. The molecule has 1 aromatic rings. The van der Waals surface area contributed by atoms with E-state index in [1.165, 1.54) is 11.1 Å². The lowest BCUT2D eigenvalue weighted by atomic mass is 10.0. The Hall–Kier alpha value is -2.03. The van der Waals surface area contributed by atoms with Crippen LogP contribution in [0, 0.1) is 0 Å². The largest absolute Gasteiger partial charge is 0.508 e. The molecule has 3 heteroatoms. The van der Waals surface area contributed by atoms with E-state index >= 15 is 0 Å². The minimum Gasteiger partial charge on any atom is -0.508 e. The third kappa shape index (κ3) is 4.22. The normalized spacial score (nSPS) is 13.9. The maximum Gasteiger partial charge on any atom is 0.315 e. The highest BCUT2D eigenvalue weighted by Crippen LogP contribution is 2.34. The lowest BCUT2D eigenvalue weighted by molar-refractivity contribution is -0.131. The second-order valence-electron chi connectivity index (χ2n) is 5.82. The van der Waals surface area contributed by atoms with Crippen LogP contribution in [0.25, 0.3) is 0 Å². The fraction of sp³-hybridized carbons (Fsp3) is 0.389. The summed E-state index contributed by atoms with van der Waals surface area (Å²) in [4.78, 5) is 11.4. The van der Waals surface area contributed by atoms with E-state index in [2.05, 4.69) is 32.9 Å². The fourth-order valence-electron chi connectivity index (χ4n) is 2.43. The van der Waals surface area contributed by atoms with E-state index in [9.17, 15) is 9.90 Å². The van der Waals surface area contributed by atoms with Gasteiger partial charge in [0.2, 0.25) is 0 Å². The van der Waals surface area contributed by atoms with E-state index < -0.39 is 0 Å². The van der Waals surface area contributed by atoms with Gasteiger partial charge in [-0.25, -0.2) is 0 Å².